The minimum atomic E-state index is -0.127. The molecule has 0 amide bonds. The number of hydrogen-bond donors (Lipinski definition) is 1. The minimum absolute atomic E-state index is 0.127. The zero-order chi connectivity index (χ0) is 22.1. The Kier molecular flexibility index (Phi) is 5.92. The van der Waals surface area contributed by atoms with Crippen LogP contribution in [0.15, 0.2) is 69.8 Å². The molecule has 0 aliphatic heterocycles. The van der Waals surface area contributed by atoms with E-state index < -0.39 is 0 Å². The van der Waals surface area contributed by atoms with Crippen LogP contribution < -0.4 is 10.3 Å². The number of para-hydroxylation sites is 1. The summed E-state index contributed by atoms with van der Waals surface area (Å²) in [5, 5.41) is 4.60. The fourth-order valence-corrected chi connectivity index (χ4v) is 6.36. The zero-order valence-corrected chi connectivity index (χ0v) is 20.0. The van der Waals surface area contributed by atoms with Crippen molar-refractivity contribution in [2.24, 2.45) is 0 Å². The first-order valence-corrected chi connectivity index (χ1v) is 12.6. The number of hydrogen-bond acceptors (Lipinski definition) is 8. The summed E-state index contributed by atoms with van der Waals surface area (Å²) in [6, 6.07) is 19.5. The number of rotatable bonds is 6. The molecule has 10 heteroatoms. The third-order valence-electron chi connectivity index (χ3n) is 4.67. The fraction of sp³-hybridized carbons (Fsp3) is 0.0909. The van der Waals surface area contributed by atoms with Crippen molar-refractivity contribution in [3.05, 3.63) is 80.8 Å². The zero-order valence-electron chi connectivity index (χ0n) is 16.8. The van der Waals surface area contributed by atoms with Crippen molar-refractivity contribution < 1.29 is 4.74 Å². The number of thioether (sulfide) groups is 1. The first-order valence-electron chi connectivity index (χ1n) is 9.56. The van der Waals surface area contributed by atoms with Crippen LogP contribution in [0.2, 0.25) is 0 Å². The average molecular weight is 497 g/mol. The SMILES string of the molecule is COc1ccc(-c2cc3nc(CSc4nn(-c5ccccc5)c(=S)s4)[nH]c(=O)c3s2)cc1. The van der Waals surface area contributed by atoms with Gasteiger partial charge in [-0.3, -0.25) is 4.79 Å². The van der Waals surface area contributed by atoms with E-state index in [-0.39, 0.29) is 5.56 Å². The quantitative estimate of drug-likeness (QED) is 0.232. The fourth-order valence-electron chi connectivity index (χ4n) is 3.14. The maximum absolute atomic E-state index is 12.7. The molecule has 0 spiro atoms. The Morgan fingerprint density at radius 2 is 1.91 bits per heavy atom. The molecule has 0 aliphatic carbocycles. The molecule has 5 rings (SSSR count). The molecule has 0 radical (unpaired) electrons. The molecular weight excluding hydrogens is 481 g/mol. The minimum Gasteiger partial charge on any atom is -0.497 e. The molecule has 0 saturated heterocycles. The summed E-state index contributed by atoms with van der Waals surface area (Å²) in [4.78, 5) is 21.2. The molecule has 1 N–H and O–H groups in total. The molecule has 0 unspecified atom stereocenters. The van der Waals surface area contributed by atoms with Crippen LogP contribution in [0, 0.1) is 3.95 Å². The highest BCUT2D eigenvalue weighted by molar-refractivity contribution is 8.00. The van der Waals surface area contributed by atoms with Gasteiger partial charge in [0.2, 0.25) is 0 Å². The van der Waals surface area contributed by atoms with E-state index in [1.54, 1.807) is 11.8 Å². The van der Waals surface area contributed by atoms with Crippen LogP contribution in [0.4, 0.5) is 0 Å². The Morgan fingerprint density at radius 3 is 2.66 bits per heavy atom. The number of fused-ring (bicyclic) bond motifs is 1. The van der Waals surface area contributed by atoms with E-state index in [4.69, 9.17) is 17.0 Å². The highest BCUT2D eigenvalue weighted by Crippen LogP contribution is 2.32. The van der Waals surface area contributed by atoms with Gasteiger partial charge in [0, 0.05) is 4.88 Å². The van der Waals surface area contributed by atoms with E-state index in [9.17, 15) is 4.79 Å². The van der Waals surface area contributed by atoms with Crippen molar-refractivity contribution in [1.29, 1.82) is 0 Å². The molecule has 160 valence electrons. The lowest BCUT2D eigenvalue weighted by molar-refractivity contribution is 0.415. The Balaban J connectivity index is 1.38. The van der Waals surface area contributed by atoms with E-state index in [1.807, 2.05) is 60.7 Å². The van der Waals surface area contributed by atoms with E-state index in [0.717, 1.165) is 26.2 Å². The van der Waals surface area contributed by atoms with E-state index in [0.29, 0.717) is 25.7 Å². The predicted molar refractivity (Wildman–Crippen MR) is 134 cm³/mol. The first kappa shape index (κ1) is 21.1. The normalized spacial score (nSPS) is 11.2. The van der Waals surface area contributed by atoms with Gasteiger partial charge in [0.15, 0.2) is 8.29 Å². The van der Waals surface area contributed by atoms with Crippen molar-refractivity contribution in [3.8, 4) is 21.9 Å². The molecule has 0 bridgehead atoms. The van der Waals surface area contributed by atoms with Crippen LogP contribution >= 0.6 is 46.7 Å². The van der Waals surface area contributed by atoms with Crippen molar-refractivity contribution in [2.45, 2.75) is 10.1 Å². The van der Waals surface area contributed by atoms with E-state index in [2.05, 4.69) is 15.1 Å². The second-order valence-corrected chi connectivity index (χ2v) is 10.6. The largest absolute Gasteiger partial charge is 0.497 e. The van der Waals surface area contributed by atoms with Gasteiger partial charge in [0.1, 0.15) is 16.3 Å². The summed E-state index contributed by atoms with van der Waals surface area (Å²) in [6.07, 6.45) is 0. The Hall–Kier alpha value is -2.79. The summed E-state index contributed by atoms with van der Waals surface area (Å²) in [5.41, 5.74) is 2.52. The number of ether oxygens (including phenoxy) is 1. The van der Waals surface area contributed by atoms with Crippen molar-refractivity contribution in [3.63, 3.8) is 0 Å². The molecular formula is C22H16N4O2S4. The maximum atomic E-state index is 12.7. The Labute approximate surface area is 200 Å². The molecule has 6 nitrogen and oxygen atoms in total. The molecule has 5 aromatic rings. The first-order chi connectivity index (χ1) is 15.6. The summed E-state index contributed by atoms with van der Waals surface area (Å²) in [5.74, 6) is 1.90. The van der Waals surface area contributed by atoms with Crippen LogP contribution in [0.25, 0.3) is 26.3 Å². The van der Waals surface area contributed by atoms with Gasteiger partial charge >= 0.3 is 0 Å². The number of methoxy groups -OCH3 is 1. The second-order valence-electron chi connectivity index (χ2n) is 6.74. The predicted octanol–water partition coefficient (Wildman–Crippen LogP) is 5.93. The molecule has 3 heterocycles. The number of H-pyrrole nitrogens is 1. The van der Waals surface area contributed by atoms with Crippen molar-refractivity contribution in [2.75, 3.05) is 7.11 Å². The summed E-state index contributed by atoms with van der Waals surface area (Å²) >= 11 is 9.84. The lowest BCUT2D eigenvalue weighted by Gasteiger charge is -2.00. The third-order valence-corrected chi connectivity index (χ3v) is 8.22. The Bertz CT molecular complexity index is 1500. The number of thiophene rings is 1. The summed E-state index contributed by atoms with van der Waals surface area (Å²) in [7, 11) is 1.64. The highest BCUT2D eigenvalue weighted by Gasteiger charge is 2.12. The molecule has 2 aromatic carbocycles. The van der Waals surface area contributed by atoms with E-state index >= 15 is 0 Å². The number of nitrogens with zero attached hydrogens (tertiary/aromatic N) is 3. The van der Waals surface area contributed by atoms with Gasteiger partial charge in [-0.25, -0.2) is 9.67 Å². The van der Waals surface area contributed by atoms with Gasteiger partial charge in [-0.05, 0) is 60.2 Å². The highest BCUT2D eigenvalue weighted by atomic mass is 32.2. The number of aromatic amines is 1. The van der Waals surface area contributed by atoms with Gasteiger partial charge in [-0.2, -0.15) is 0 Å². The molecule has 0 atom stereocenters. The monoisotopic (exact) mass is 496 g/mol. The van der Waals surface area contributed by atoms with Crippen molar-refractivity contribution >= 4 is 56.9 Å². The van der Waals surface area contributed by atoms with Gasteiger partial charge in [0.25, 0.3) is 5.56 Å². The van der Waals surface area contributed by atoms with Crippen LogP contribution in [-0.4, -0.2) is 26.9 Å². The van der Waals surface area contributed by atoms with Crippen LogP contribution in [-0.2, 0) is 5.75 Å². The molecule has 0 aliphatic rings. The molecule has 3 aromatic heterocycles. The maximum Gasteiger partial charge on any atom is 0.268 e. The topological polar surface area (TPSA) is 72.8 Å². The smallest absolute Gasteiger partial charge is 0.268 e. The molecule has 0 saturated carbocycles. The number of benzene rings is 2. The van der Waals surface area contributed by atoms with Gasteiger partial charge in [-0.15, -0.1) is 16.4 Å². The van der Waals surface area contributed by atoms with Gasteiger partial charge < -0.3 is 9.72 Å². The average Bonchev–Trinajstić information content (AvgIpc) is 3.42. The van der Waals surface area contributed by atoms with Crippen molar-refractivity contribution in [1.82, 2.24) is 19.7 Å². The van der Waals surface area contributed by atoms with Gasteiger partial charge in [-0.1, -0.05) is 41.3 Å². The lowest BCUT2D eigenvalue weighted by atomic mass is 10.2. The number of nitrogens with one attached hydrogen (secondary N) is 1. The second kappa shape index (κ2) is 8.99. The van der Waals surface area contributed by atoms with E-state index in [1.165, 1.54) is 34.4 Å². The molecule has 32 heavy (non-hydrogen) atoms. The standard InChI is InChI=1S/C22H16N4O2S4/c1-28-15-9-7-13(8-10-15)17-11-16-19(31-17)20(27)24-18(23-16)12-30-21-25-26(22(29)32-21)14-5-3-2-4-6-14/h2-11H,12H2,1H3,(H,23,24,27). The van der Waals surface area contributed by atoms with Crippen LogP contribution in [0.1, 0.15) is 5.82 Å². The van der Waals surface area contributed by atoms with Crippen LogP contribution in [0.5, 0.6) is 5.75 Å². The van der Waals surface area contributed by atoms with Crippen LogP contribution in [0.3, 0.4) is 0 Å². The third kappa shape index (κ3) is 4.26. The lowest BCUT2D eigenvalue weighted by Crippen LogP contribution is -2.09. The number of aromatic nitrogens is 4. The molecule has 0 fully saturated rings. The van der Waals surface area contributed by atoms with Gasteiger partial charge in [0.05, 0.1) is 24.1 Å². The Morgan fingerprint density at radius 1 is 1.12 bits per heavy atom. The summed E-state index contributed by atoms with van der Waals surface area (Å²) < 4.78 is 9.09. The summed E-state index contributed by atoms with van der Waals surface area (Å²) in [6.45, 7) is 0.